The maximum absolute atomic E-state index is 10.7. The van der Waals surface area contributed by atoms with Crippen LogP contribution in [-0.4, -0.2) is 54.5 Å². The topological polar surface area (TPSA) is 93.6 Å². The zero-order chi connectivity index (χ0) is 13.9. The summed E-state index contributed by atoms with van der Waals surface area (Å²) in [6, 6.07) is 1.36. The van der Waals surface area contributed by atoms with Crippen LogP contribution in [0.25, 0.3) is 0 Å². The third kappa shape index (κ3) is 6.68. The van der Waals surface area contributed by atoms with Gasteiger partial charge in [0, 0.05) is 26.5 Å². The first-order valence-corrected chi connectivity index (χ1v) is 6.11. The maximum Gasteiger partial charge on any atom is 0.354 e. The summed E-state index contributed by atoms with van der Waals surface area (Å²) in [4.78, 5) is 18.5. The van der Waals surface area contributed by atoms with Gasteiger partial charge in [0.1, 0.15) is 0 Å². The van der Waals surface area contributed by atoms with Gasteiger partial charge in [0.05, 0.1) is 13.2 Å². The molecule has 0 unspecified atom stereocenters. The smallest absolute Gasteiger partial charge is 0.354 e. The molecule has 0 saturated carbocycles. The zero-order valence-electron chi connectivity index (χ0n) is 11.0. The fourth-order valence-corrected chi connectivity index (χ4v) is 1.34. The number of carboxylic acids is 1. The van der Waals surface area contributed by atoms with Gasteiger partial charge in [0.2, 0.25) is 5.95 Å². The summed E-state index contributed by atoms with van der Waals surface area (Å²) >= 11 is 0. The molecule has 0 aliphatic heterocycles. The van der Waals surface area contributed by atoms with Gasteiger partial charge >= 0.3 is 5.97 Å². The Hall–Kier alpha value is -1.73. The monoisotopic (exact) mass is 269 g/mol. The summed E-state index contributed by atoms with van der Waals surface area (Å²) in [5.41, 5.74) is -0.0135. The highest BCUT2D eigenvalue weighted by atomic mass is 16.5. The van der Waals surface area contributed by atoms with Crippen molar-refractivity contribution in [2.24, 2.45) is 0 Å². The summed E-state index contributed by atoms with van der Waals surface area (Å²) < 4.78 is 10.2. The van der Waals surface area contributed by atoms with Crippen molar-refractivity contribution in [3.63, 3.8) is 0 Å². The van der Waals surface area contributed by atoms with E-state index in [0.29, 0.717) is 32.3 Å². The van der Waals surface area contributed by atoms with Crippen molar-refractivity contribution in [2.45, 2.75) is 12.8 Å². The van der Waals surface area contributed by atoms with Gasteiger partial charge < -0.3 is 19.9 Å². The molecule has 106 valence electrons. The molecule has 0 spiro atoms. The predicted molar refractivity (Wildman–Crippen MR) is 69.4 cm³/mol. The Morgan fingerprint density at radius 3 is 2.95 bits per heavy atom. The molecule has 1 heterocycles. The molecular weight excluding hydrogens is 250 g/mol. The summed E-state index contributed by atoms with van der Waals surface area (Å²) in [6.07, 6.45) is 3.23. The van der Waals surface area contributed by atoms with E-state index in [1.807, 2.05) is 0 Å². The lowest BCUT2D eigenvalue weighted by Gasteiger charge is -2.05. The molecule has 0 radical (unpaired) electrons. The number of anilines is 1. The van der Waals surface area contributed by atoms with Crippen LogP contribution in [0.5, 0.6) is 0 Å². The normalized spacial score (nSPS) is 10.4. The summed E-state index contributed by atoms with van der Waals surface area (Å²) in [5.74, 6) is -0.725. The van der Waals surface area contributed by atoms with Gasteiger partial charge in [-0.2, -0.15) is 0 Å². The van der Waals surface area contributed by atoms with Crippen molar-refractivity contribution < 1.29 is 19.4 Å². The number of nitrogens with one attached hydrogen (secondary N) is 1. The van der Waals surface area contributed by atoms with Crippen molar-refractivity contribution in [2.75, 3.05) is 38.8 Å². The van der Waals surface area contributed by atoms with E-state index in [0.717, 1.165) is 12.8 Å². The van der Waals surface area contributed by atoms with E-state index < -0.39 is 5.97 Å². The van der Waals surface area contributed by atoms with Crippen LogP contribution in [-0.2, 0) is 9.47 Å². The van der Waals surface area contributed by atoms with Gasteiger partial charge in [0.25, 0.3) is 0 Å². The van der Waals surface area contributed by atoms with E-state index in [1.165, 1.54) is 12.3 Å². The molecule has 1 aromatic heterocycles. The van der Waals surface area contributed by atoms with Crippen LogP contribution >= 0.6 is 0 Å². The Kier molecular flexibility index (Phi) is 7.45. The Morgan fingerprint density at radius 2 is 2.21 bits per heavy atom. The van der Waals surface area contributed by atoms with Crippen LogP contribution in [0.2, 0.25) is 0 Å². The molecule has 0 aliphatic carbocycles. The maximum atomic E-state index is 10.7. The summed E-state index contributed by atoms with van der Waals surface area (Å²) in [7, 11) is 1.64. The lowest BCUT2D eigenvalue weighted by molar-refractivity contribution is 0.0690. The number of hydrogen-bond acceptors (Lipinski definition) is 6. The summed E-state index contributed by atoms with van der Waals surface area (Å²) in [6.45, 7) is 2.57. The highest BCUT2D eigenvalue weighted by molar-refractivity contribution is 5.85. The minimum absolute atomic E-state index is 0.0135. The number of carboxylic acid groups (broad SMARTS) is 1. The number of rotatable bonds is 10. The van der Waals surface area contributed by atoms with Crippen molar-refractivity contribution in [3.05, 3.63) is 18.0 Å². The van der Waals surface area contributed by atoms with Crippen molar-refractivity contribution in [1.82, 2.24) is 9.97 Å². The number of hydrogen-bond donors (Lipinski definition) is 2. The Morgan fingerprint density at radius 1 is 1.37 bits per heavy atom. The molecule has 0 atom stereocenters. The molecule has 19 heavy (non-hydrogen) atoms. The third-order valence-corrected chi connectivity index (χ3v) is 2.31. The average molecular weight is 269 g/mol. The number of aromatic nitrogens is 2. The number of methoxy groups -OCH3 is 1. The second kappa shape index (κ2) is 9.23. The molecular formula is C12H19N3O4. The molecule has 7 heteroatoms. The highest BCUT2D eigenvalue weighted by Gasteiger charge is 2.05. The van der Waals surface area contributed by atoms with E-state index in [2.05, 4.69) is 15.3 Å². The molecule has 0 aliphatic rings. The number of aromatic carboxylic acids is 1. The van der Waals surface area contributed by atoms with Gasteiger partial charge in [-0.15, -0.1) is 0 Å². The molecule has 0 bridgehead atoms. The molecule has 0 saturated heterocycles. The second-order valence-corrected chi connectivity index (χ2v) is 3.81. The number of nitrogens with zero attached hydrogens (tertiary/aromatic N) is 2. The molecule has 7 nitrogen and oxygen atoms in total. The van der Waals surface area contributed by atoms with Crippen molar-refractivity contribution in [1.29, 1.82) is 0 Å². The van der Waals surface area contributed by atoms with Crippen LogP contribution < -0.4 is 5.32 Å². The molecule has 1 aromatic rings. The SMILES string of the molecule is COCCOCCCCNc1nccc(C(=O)O)n1. The van der Waals surface area contributed by atoms with E-state index >= 15 is 0 Å². The van der Waals surface area contributed by atoms with E-state index in [4.69, 9.17) is 14.6 Å². The Balaban J connectivity index is 2.12. The predicted octanol–water partition coefficient (Wildman–Crippen LogP) is 1.03. The van der Waals surface area contributed by atoms with Crippen molar-refractivity contribution >= 4 is 11.9 Å². The van der Waals surface area contributed by atoms with Crippen molar-refractivity contribution in [3.8, 4) is 0 Å². The van der Waals surface area contributed by atoms with Crippen LogP contribution in [0.3, 0.4) is 0 Å². The number of unbranched alkanes of at least 4 members (excludes halogenated alkanes) is 1. The van der Waals surface area contributed by atoms with Crippen LogP contribution in [0.4, 0.5) is 5.95 Å². The highest BCUT2D eigenvalue weighted by Crippen LogP contribution is 2.01. The van der Waals surface area contributed by atoms with Gasteiger partial charge in [-0.1, -0.05) is 0 Å². The Labute approximate surface area is 112 Å². The average Bonchev–Trinajstić information content (AvgIpc) is 2.42. The quantitative estimate of drug-likeness (QED) is 0.613. The van der Waals surface area contributed by atoms with E-state index in [-0.39, 0.29) is 5.69 Å². The number of carbonyl (C=O) groups is 1. The van der Waals surface area contributed by atoms with Crippen LogP contribution in [0.15, 0.2) is 12.3 Å². The minimum atomic E-state index is -1.06. The van der Waals surface area contributed by atoms with Gasteiger partial charge in [-0.25, -0.2) is 14.8 Å². The largest absolute Gasteiger partial charge is 0.477 e. The lowest BCUT2D eigenvalue weighted by Crippen LogP contribution is -2.10. The van der Waals surface area contributed by atoms with E-state index in [1.54, 1.807) is 7.11 Å². The third-order valence-electron chi connectivity index (χ3n) is 2.31. The summed E-state index contributed by atoms with van der Waals surface area (Å²) in [5, 5.41) is 11.8. The molecule has 1 rings (SSSR count). The second-order valence-electron chi connectivity index (χ2n) is 3.81. The van der Waals surface area contributed by atoms with Gasteiger partial charge in [-0.05, 0) is 18.9 Å². The first-order valence-electron chi connectivity index (χ1n) is 6.11. The van der Waals surface area contributed by atoms with Crippen LogP contribution in [0, 0.1) is 0 Å². The lowest BCUT2D eigenvalue weighted by atomic mass is 10.3. The van der Waals surface area contributed by atoms with Gasteiger partial charge in [0.15, 0.2) is 5.69 Å². The molecule has 0 amide bonds. The fraction of sp³-hybridized carbons (Fsp3) is 0.583. The molecule has 2 N–H and O–H groups in total. The number of ether oxygens (including phenoxy) is 2. The van der Waals surface area contributed by atoms with Crippen LogP contribution in [0.1, 0.15) is 23.3 Å². The minimum Gasteiger partial charge on any atom is -0.477 e. The molecule has 0 aromatic carbocycles. The first kappa shape index (κ1) is 15.3. The standard InChI is InChI=1S/C12H19N3O4/c1-18-8-9-19-7-3-2-5-13-12-14-6-4-10(15-12)11(16)17/h4,6H,2-3,5,7-9H2,1H3,(H,16,17)(H,13,14,15). The fourth-order valence-electron chi connectivity index (χ4n) is 1.34. The first-order chi connectivity index (χ1) is 9.24. The van der Waals surface area contributed by atoms with Gasteiger partial charge in [-0.3, -0.25) is 0 Å². The zero-order valence-corrected chi connectivity index (χ0v) is 11.0. The molecule has 0 fully saturated rings. The van der Waals surface area contributed by atoms with E-state index in [9.17, 15) is 4.79 Å². The Bertz CT molecular complexity index is 387.